The number of aryl methyl sites for hydroxylation is 1. The highest BCUT2D eigenvalue weighted by molar-refractivity contribution is 7.98. The monoisotopic (exact) mass is 277 g/mol. The summed E-state index contributed by atoms with van der Waals surface area (Å²) in [6, 6.07) is 11.0. The molecule has 2 nitrogen and oxygen atoms in total. The summed E-state index contributed by atoms with van der Waals surface area (Å²) in [5, 5.41) is 0. The van der Waals surface area contributed by atoms with Crippen molar-refractivity contribution in [2.45, 2.75) is 12.2 Å². The number of ether oxygens (including phenoxy) is 1. The Kier molecular flexibility index (Phi) is 5.21. The smallest absolute Gasteiger partial charge is 0.165 e. The molecule has 0 amide bonds. The molecule has 0 radical (unpaired) electrons. The fourth-order valence-corrected chi connectivity index (χ4v) is 2.63. The van der Waals surface area contributed by atoms with Crippen molar-refractivity contribution in [2.24, 2.45) is 0 Å². The fraction of sp³-hybridized carbons (Fsp3) is 0.267. The molecule has 1 aromatic heterocycles. The van der Waals surface area contributed by atoms with Crippen LogP contribution in [-0.4, -0.2) is 17.8 Å². The van der Waals surface area contributed by atoms with E-state index in [0.717, 1.165) is 29.2 Å². The van der Waals surface area contributed by atoms with Gasteiger partial charge in [0, 0.05) is 17.6 Å². The normalized spacial score (nSPS) is 10.4. The van der Waals surface area contributed by atoms with Gasteiger partial charge in [-0.05, 0) is 42.0 Å². The molecule has 0 bridgehead atoms. The molecule has 0 unspecified atom stereocenters. The summed E-state index contributed by atoms with van der Waals surface area (Å²) in [7, 11) is 1.47. The zero-order valence-electron chi connectivity index (χ0n) is 10.8. The van der Waals surface area contributed by atoms with Crippen molar-refractivity contribution in [3.05, 3.63) is 59.7 Å². The van der Waals surface area contributed by atoms with Crippen LogP contribution in [0, 0.1) is 5.82 Å². The van der Waals surface area contributed by atoms with Crippen LogP contribution in [0.1, 0.15) is 11.3 Å². The molecule has 100 valence electrons. The van der Waals surface area contributed by atoms with Gasteiger partial charge in [0.2, 0.25) is 0 Å². The van der Waals surface area contributed by atoms with Crippen molar-refractivity contribution >= 4 is 11.8 Å². The number of aromatic nitrogens is 1. The summed E-state index contributed by atoms with van der Waals surface area (Å²) in [5.41, 5.74) is 2.07. The van der Waals surface area contributed by atoms with Gasteiger partial charge >= 0.3 is 0 Å². The van der Waals surface area contributed by atoms with Crippen LogP contribution < -0.4 is 4.74 Å². The molecule has 0 N–H and O–H groups in total. The van der Waals surface area contributed by atoms with E-state index in [0.29, 0.717) is 5.75 Å². The lowest BCUT2D eigenvalue weighted by Crippen LogP contribution is -1.93. The molecule has 0 atom stereocenters. The molecule has 2 rings (SSSR count). The first kappa shape index (κ1) is 13.9. The molecule has 0 aliphatic rings. The van der Waals surface area contributed by atoms with Crippen LogP contribution in [0.25, 0.3) is 0 Å². The Hall–Kier alpha value is -1.55. The highest BCUT2D eigenvalue weighted by atomic mass is 32.2. The van der Waals surface area contributed by atoms with E-state index < -0.39 is 0 Å². The maximum Gasteiger partial charge on any atom is 0.165 e. The molecule has 1 aromatic carbocycles. The Morgan fingerprint density at radius 1 is 1.26 bits per heavy atom. The zero-order chi connectivity index (χ0) is 13.5. The number of thioether (sulfide) groups is 1. The maximum absolute atomic E-state index is 13.5. The quantitative estimate of drug-likeness (QED) is 0.752. The lowest BCUT2D eigenvalue weighted by atomic mass is 10.2. The van der Waals surface area contributed by atoms with Crippen LogP contribution in [0.2, 0.25) is 0 Å². The van der Waals surface area contributed by atoms with Crippen molar-refractivity contribution in [1.82, 2.24) is 4.98 Å². The maximum atomic E-state index is 13.5. The van der Waals surface area contributed by atoms with Gasteiger partial charge in [0.15, 0.2) is 11.6 Å². The first-order valence-corrected chi connectivity index (χ1v) is 7.25. The standard InChI is InChI=1S/C15H16FNOS/c1-18-15-6-5-12(10-14(15)16)11-19-9-7-13-4-2-3-8-17-13/h2-6,8,10H,7,9,11H2,1H3. The van der Waals surface area contributed by atoms with Gasteiger partial charge in [0.05, 0.1) is 7.11 Å². The topological polar surface area (TPSA) is 22.1 Å². The molecule has 0 fully saturated rings. The zero-order valence-corrected chi connectivity index (χ0v) is 11.6. The number of nitrogens with zero attached hydrogens (tertiary/aromatic N) is 1. The van der Waals surface area contributed by atoms with Gasteiger partial charge in [0.1, 0.15) is 0 Å². The summed E-state index contributed by atoms with van der Waals surface area (Å²) in [6.45, 7) is 0. The Balaban J connectivity index is 1.78. The Morgan fingerprint density at radius 3 is 2.84 bits per heavy atom. The van der Waals surface area contributed by atoms with Crippen molar-refractivity contribution in [1.29, 1.82) is 0 Å². The number of hydrogen-bond acceptors (Lipinski definition) is 3. The average molecular weight is 277 g/mol. The molecule has 0 saturated carbocycles. The summed E-state index contributed by atoms with van der Waals surface area (Å²) in [6.07, 6.45) is 2.74. The lowest BCUT2D eigenvalue weighted by Gasteiger charge is -2.05. The van der Waals surface area contributed by atoms with Crippen LogP contribution in [0.4, 0.5) is 4.39 Å². The Labute approximate surface area is 117 Å². The Morgan fingerprint density at radius 2 is 2.16 bits per heavy atom. The first-order chi connectivity index (χ1) is 9.29. The molecule has 4 heteroatoms. The molecule has 19 heavy (non-hydrogen) atoms. The van der Waals surface area contributed by atoms with E-state index in [1.165, 1.54) is 13.2 Å². The van der Waals surface area contributed by atoms with Crippen molar-refractivity contribution in [2.75, 3.05) is 12.9 Å². The minimum Gasteiger partial charge on any atom is -0.494 e. The number of pyridine rings is 1. The number of rotatable bonds is 6. The molecule has 0 spiro atoms. The number of benzene rings is 1. The number of hydrogen-bond donors (Lipinski definition) is 0. The van der Waals surface area contributed by atoms with Crippen LogP contribution in [-0.2, 0) is 12.2 Å². The fourth-order valence-electron chi connectivity index (χ4n) is 1.71. The third-order valence-electron chi connectivity index (χ3n) is 2.71. The van der Waals surface area contributed by atoms with E-state index in [1.54, 1.807) is 24.0 Å². The largest absolute Gasteiger partial charge is 0.494 e. The van der Waals surface area contributed by atoms with Gasteiger partial charge < -0.3 is 4.74 Å². The Bertz CT molecular complexity index is 519. The van der Waals surface area contributed by atoms with E-state index in [9.17, 15) is 4.39 Å². The highest BCUT2D eigenvalue weighted by Crippen LogP contribution is 2.21. The second-order valence-electron chi connectivity index (χ2n) is 4.09. The first-order valence-electron chi connectivity index (χ1n) is 6.09. The van der Waals surface area contributed by atoms with E-state index in [4.69, 9.17) is 4.74 Å². The average Bonchev–Trinajstić information content (AvgIpc) is 2.45. The molecule has 1 heterocycles. The summed E-state index contributed by atoms with van der Waals surface area (Å²) >= 11 is 1.78. The summed E-state index contributed by atoms with van der Waals surface area (Å²) in [4.78, 5) is 4.27. The minimum absolute atomic E-state index is 0.294. The summed E-state index contributed by atoms with van der Waals surface area (Å²) < 4.78 is 18.4. The van der Waals surface area contributed by atoms with E-state index in [1.807, 2.05) is 24.3 Å². The molecule has 2 aromatic rings. The van der Waals surface area contributed by atoms with E-state index >= 15 is 0 Å². The van der Waals surface area contributed by atoms with Crippen molar-refractivity contribution in [3.63, 3.8) is 0 Å². The number of halogens is 1. The van der Waals surface area contributed by atoms with E-state index in [-0.39, 0.29) is 5.82 Å². The molecule has 0 aliphatic carbocycles. The highest BCUT2D eigenvalue weighted by Gasteiger charge is 2.03. The molecule has 0 aliphatic heterocycles. The lowest BCUT2D eigenvalue weighted by molar-refractivity contribution is 0.386. The van der Waals surface area contributed by atoms with Crippen LogP contribution >= 0.6 is 11.8 Å². The predicted molar refractivity (Wildman–Crippen MR) is 77.1 cm³/mol. The van der Waals surface area contributed by atoms with Gasteiger partial charge in [0.25, 0.3) is 0 Å². The number of methoxy groups -OCH3 is 1. The SMILES string of the molecule is COc1ccc(CSCCc2ccccn2)cc1F. The second kappa shape index (κ2) is 7.14. The van der Waals surface area contributed by atoms with Crippen LogP contribution in [0.5, 0.6) is 5.75 Å². The van der Waals surface area contributed by atoms with Crippen molar-refractivity contribution < 1.29 is 9.13 Å². The van der Waals surface area contributed by atoms with Gasteiger partial charge in [-0.2, -0.15) is 11.8 Å². The van der Waals surface area contributed by atoms with Crippen molar-refractivity contribution in [3.8, 4) is 5.75 Å². The van der Waals surface area contributed by atoms with Crippen LogP contribution in [0.3, 0.4) is 0 Å². The minimum atomic E-state index is -0.301. The molecular weight excluding hydrogens is 261 g/mol. The van der Waals surface area contributed by atoms with Gasteiger partial charge in [-0.25, -0.2) is 4.39 Å². The van der Waals surface area contributed by atoms with Gasteiger partial charge in [-0.3, -0.25) is 4.98 Å². The van der Waals surface area contributed by atoms with Crippen LogP contribution in [0.15, 0.2) is 42.6 Å². The third kappa shape index (κ3) is 4.24. The molecular formula is C15H16FNOS. The van der Waals surface area contributed by atoms with Gasteiger partial charge in [-0.15, -0.1) is 0 Å². The van der Waals surface area contributed by atoms with Gasteiger partial charge in [-0.1, -0.05) is 12.1 Å². The summed E-state index contributed by atoms with van der Waals surface area (Å²) in [5.74, 6) is 1.77. The third-order valence-corrected chi connectivity index (χ3v) is 3.74. The van der Waals surface area contributed by atoms with E-state index in [2.05, 4.69) is 4.98 Å². The molecule has 0 saturated heterocycles. The predicted octanol–water partition coefficient (Wildman–Crippen LogP) is 3.71. The second-order valence-corrected chi connectivity index (χ2v) is 5.20.